The zero-order valence-corrected chi connectivity index (χ0v) is 14.9. The van der Waals surface area contributed by atoms with Gasteiger partial charge in [0.2, 0.25) is 0 Å². The Bertz CT molecular complexity index is 641. The predicted octanol–water partition coefficient (Wildman–Crippen LogP) is 4.24. The van der Waals surface area contributed by atoms with Crippen molar-refractivity contribution in [2.45, 2.75) is 38.7 Å². The van der Waals surface area contributed by atoms with Gasteiger partial charge in [-0.2, -0.15) is 5.10 Å². The Labute approximate surface area is 139 Å². The smallest absolute Gasteiger partial charge is 0.0949 e. The van der Waals surface area contributed by atoms with Gasteiger partial charge in [-0.05, 0) is 30.5 Å². The molecule has 2 rings (SSSR count). The Balaban J connectivity index is 2.41. The lowest BCUT2D eigenvalue weighted by molar-refractivity contribution is 0.0308. The minimum Gasteiger partial charge on any atom is -0.385 e. The van der Waals surface area contributed by atoms with Gasteiger partial charge in [0.25, 0.3) is 0 Å². The molecule has 5 heteroatoms. The van der Waals surface area contributed by atoms with Gasteiger partial charge in [-0.15, -0.1) is 0 Å². The first kappa shape index (κ1) is 16.5. The highest BCUT2D eigenvalue weighted by Crippen LogP contribution is 2.33. The standard InChI is InChI=1S/C16H20BrClN2O/c1-4-13-15(18)14(20(3)19-13)10-16(21,5-2)11-7-6-8-12(17)9-11/h6-9,21H,4-5,10H2,1-3H3. The van der Waals surface area contributed by atoms with E-state index < -0.39 is 5.60 Å². The molecule has 21 heavy (non-hydrogen) atoms. The first-order valence-corrected chi connectivity index (χ1v) is 8.27. The number of nitrogens with zero attached hydrogens (tertiary/aromatic N) is 2. The molecule has 0 amide bonds. The quantitative estimate of drug-likeness (QED) is 0.853. The van der Waals surface area contributed by atoms with Gasteiger partial charge in [-0.25, -0.2) is 0 Å². The number of halogens is 2. The molecule has 0 aliphatic carbocycles. The van der Waals surface area contributed by atoms with Crippen LogP contribution in [-0.4, -0.2) is 14.9 Å². The summed E-state index contributed by atoms with van der Waals surface area (Å²) in [6.45, 7) is 4.00. The van der Waals surface area contributed by atoms with Crippen LogP contribution in [0, 0.1) is 0 Å². The third kappa shape index (κ3) is 3.33. The molecule has 1 aromatic heterocycles. The molecule has 0 spiro atoms. The van der Waals surface area contributed by atoms with E-state index in [2.05, 4.69) is 21.0 Å². The largest absolute Gasteiger partial charge is 0.385 e. The molecule has 0 saturated carbocycles. The molecule has 0 fully saturated rings. The number of rotatable bonds is 5. The summed E-state index contributed by atoms with van der Waals surface area (Å²) >= 11 is 9.87. The van der Waals surface area contributed by atoms with E-state index in [0.29, 0.717) is 17.9 Å². The van der Waals surface area contributed by atoms with Crippen molar-refractivity contribution in [2.75, 3.05) is 0 Å². The van der Waals surface area contributed by atoms with E-state index in [1.165, 1.54) is 0 Å². The molecular weight excluding hydrogens is 352 g/mol. The minimum absolute atomic E-state index is 0.447. The topological polar surface area (TPSA) is 38.0 Å². The predicted molar refractivity (Wildman–Crippen MR) is 89.6 cm³/mol. The van der Waals surface area contributed by atoms with Crippen molar-refractivity contribution in [3.8, 4) is 0 Å². The molecule has 1 unspecified atom stereocenters. The van der Waals surface area contributed by atoms with Crippen LogP contribution in [0.1, 0.15) is 37.2 Å². The molecule has 0 saturated heterocycles. The van der Waals surface area contributed by atoms with Crippen LogP contribution >= 0.6 is 27.5 Å². The molecule has 114 valence electrons. The zero-order chi connectivity index (χ0) is 15.6. The van der Waals surface area contributed by atoms with Crippen molar-refractivity contribution >= 4 is 27.5 Å². The summed E-state index contributed by atoms with van der Waals surface area (Å²) < 4.78 is 2.73. The van der Waals surface area contributed by atoms with Gasteiger partial charge < -0.3 is 5.11 Å². The molecule has 1 N–H and O–H groups in total. The van der Waals surface area contributed by atoms with Crippen molar-refractivity contribution in [1.29, 1.82) is 0 Å². The summed E-state index contributed by atoms with van der Waals surface area (Å²) in [5.74, 6) is 0. The van der Waals surface area contributed by atoms with Crippen molar-refractivity contribution < 1.29 is 5.11 Å². The molecule has 0 radical (unpaired) electrons. The maximum Gasteiger partial charge on any atom is 0.0949 e. The number of hydrogen-bond acceptors (Lipinski definition) is 2. The van der Waals surface area contributed by atoms with Gasteiger partial charge in [-0.1, -0.05) is 53.5 Å². The van der Waals surface area contributed by atoms with E-state index in [0.717, 1.165) is 27.8 Å². The van der Waals surface area contributed by atoms with E-state index in [-0.39, 0.29) is 0 Å². The summed E-state index contributed by atoms with van der Waals surface area (Å²) in [6.07, 6.45) is 1.84. The highest BCUT2D eigenvalue weighted by Gasteiger charge is 2.31. The van der Waals surface area contributed by atoms with Crippen molar-refractivity contribution in [1.82, 2.24) is 9.78 Å². The van der Waals surface area contributed by atoms with Gasteiger partial charge in [0, 0.05) is 17.9 Å². The lowest BCUT2D eigenvalue weighted by Crippen LogP contribution is -2.29. The van der Waals surface area contributed by atoms with Crippen molar-refractivity contribution in [3.05, 3.63) is 50.7 Å². The normalized spacial score (nSPS) is 14.2. The Morgan fingerprint density at radius 2 is 2.10 bits per heavy atom. The number of benzene rings is 1. The Morgan fingerprint density at radius 1 is 1.38 bits per heavy atom. The summed E-state index contributed by atoms with van der Waals surface area (Å²) in [5, 5.41) is 16.2. The van der Waals surface area contributed by atoms with Crippen LogP contribution < -0.4 is 0 Å². The number of aliphatic hydroxyl groups is 1. The molecule has 1 aromatic carbocycles. The molecule has 0 aliphatic rings. The molecule has 3 nitrogen and oxygen atoms in total. The van der Waals surface area contributed by atoms with Crippen LogP contribution in [0.25, 0.3) is 0 Å². The molecule has 1 atom stereocenters. The fourth-order valence-electron chi connectivity index (χ4n) is 2.50. The molecule has 0 bridgehead atoms. The van der Waals surface area contributed by atoms with E-state index in [4.69, 9.17) is 11.6 Å². The molecule has 1 heterocycles. The maximum atomic E-state index is 11.1. The van der Waals surface area contributed by atoms with Gasteiger partial charge in [0.05, 0.1) is 22.0 Å². The van der Waals surface area contributed by atoms with E-state index in [9.17, 15) is 5.11 Å². The van der Waals surface area contributed by atoms with Gasteiger partial charge in [-0.3, -0.25) is 4.68 Å². The van der Waals surface area contributed by atoms with Crippen LogP contribution in [-0.2, 0) is 25.5 Å². The van der Waals surface area contributed by atoms with Gasteiger partial charge in [0.15, 0.2) is 0 Å². The molecule has 2 aromatic rings. The average Bonchev–Trinajstić information content (AvgIpc) is 2.74. The highest BCUT2D eigenvalue weighted by molar-refractivity contribution is 9.10. The highest BCUT2D eigenvalue weighted by atomic mass is 79.9. The Morgan fingerprint density at radius 3 is 2.62 bits per heavy atom. The minimum atomic E-state index is -0.952. The summed E-state index contributed by atoms with van der Waals surface area (Å²) in [6, 6.07) is 7.78. The fourth-order valence-corrected chi connectivity index (χ4v) is 3.26. The zero-order valence-electron chi connectivity index (χ0n) is 12.5. The summed E-state index contributed by atoms with van der Waals surface area (Å²) in [5.41, 5.74) is 1.68. The molecular formula is C16H20BrClN2O. The van der Waals surface area contributed by atoms with E-state index in [1.807, 2.05) is 45.2 Å². The van der Waals surface area contributed by atoms with Gasteiger partial charge >= 0.3 is 0 Å². The third-order valence-electron chi connectivity index (χ3n) is 3.91. The van der Waals surface area contributed by atoms with Crippen molar-refractivity contribution in [3.63, 3.8) is 0 Å². The van der Waals surface area contributed by atoms with Crippen molar-refractivity contribution in [2.24, 2.45) is 7.05 Å². The number of hydrogen-bond donors (Lipinski definition) is 1. The second-order valence-corrected chi connectivity index (χ2v) is 6.55. The van der Waals surface area contributed by atoms with Gasteiger partial charge in [0.1, 0.15) is 0 Å². The summed E-state index contributed by atoms with van der Waals surface area (Å²) in [4.78, 5) is 0. The second-order valence-electron chi connectivity index (χ2n) is 5.26. The monoisotopic (exact) mass is 370 g/mol. The fraction of sp³-hybridized carbons (Fsp3) is 0.438. The van der Waals surface area contributed by atoms with Crippen LogP contribution in [0.4, 0.5) is 0 Å². The maximum absolute atomic E-state index is 11.1. The average molecular weight is 372 g/mol. The van der Waals surface area contributed by atoms with Crippen LogP contribution in [0.15, 0.2) is 28.7 Å². The lowest BCUT2D eigenvalue weighted by atomic mass is 9.86. The first-order valence-electron chi connectivity index (χ1n) is 7.10. The second kappa shape index (κ2) is 6.51. The number of aromatic nitrogens is 2. The van der Waals surface area contributed by atoms with Crippen LogP contribution in [0.2, 0.25) is 5.02 Å². The Kier molecular flexibility index (Phi) is 5.12. The lowest BCUT2D eigenvalue weighted by Gasteiger charge is -2.28. The third-order valence-corrected chi connectivity index (χ3v) is 4.84. The van der Waals surface area contributed by atoms with Crippen LogP contribution in [0.5, 0.6) is 0 Å². The SMILES string of the molecule is CCc1nn(C)c(CC(O)(CC)c2cccc(Br)c2)c1Cl. The van der Waals surface area contributed by atoms with E-state index >= 15 is 0 Å². The molecule has 0 aliphatic heterocycles. The van der Waals surface area contributed by atoms with Crippen LogP contribution in [0.3, 0.4) is 0 Å². The summed E-state index contributed by atoms with van der Waals surface area (Å²) in [7, 11) is 1.87. The Hall–Kier alpha value is -0.840. The first-order chi connectivity index (χ1) is 9.91. The van der Waals surface area contributed by atoms with E-state index in [1.54, 1.807) is 4.68 Å². The number of aryl methyl sites for hydroxylation is 2.